The summed E-state index contributed by atoms with van der Waals surface area (Å²) < 4.78 is 0. The predicted molar refractivity (Wildman–Crippen MR) is 175 cm³/mol. The van der Waals surface area contributed by atoms with Gasteiger partial charge in [0.05, 0.1) is 23.7 Å². The number of fused-ring (bicyclic) bond motifs is 2. The van der Waals surface area contributed by atoms with Crippen LogP contribution >= 0.6 is 0 Å². The molecule has 3 aromatic rings. The maximum absolute atomic E-state index is 12.0. The molecule has 238 valence electrons. The number of benzene rings is 2. The zero-order valence-corrected chi connectivity index (χ0v) is 26.3. The summed E-state index contributed by atoms with van der Waals surface area (Å²) >= 11 is 0. The number of aromatic nitrogens is 1. The Balaban J connectivity index is 1.19. The number of hydrogen-bond donors (Lipinski definition) is 5. The van der Waals surface area contributed by atoms with E-state index in [2.05, 4.69) is 48.3 Å². The van der Waals surface area contributed by atoms with E-state index in [1.54, 1.807) is 0 Å². The number of aliphatic hydroxyl groups excluding tert-OH is 2. The SMILES string of the molecule is CCCCCCC[C@H](O)CCCCCC[C@H](C(=O)O)[C@H](O)CC[C@@]1(O)CCC[C@H]1Cc1cc2cc3ccccc3cc2[nH]1. The van der Waals surface area contributed by atoms with Gasteiger partial charge in [0.1, 0.15) is 0 Å². The molecule has 5 N–H and O–H groups in total. The van der Waals surface area contributed by atoms with Crippen molar-refractivity contribution in [2.45, 2.75) is 140 Å². The van der Waals surface area contributed by atoms with Gasteiger partial charge in [0.15, 0.2) is 0 Å². The van der Waals surface area contributed by atoms with Crippen molar-refractivity contribution in [3.8, 4) is 0 Å². The Morgan fingerprint density at radius 1 is 0.884 bits per heavy atom. The van der Waals surface area contributed by atoms with Crippen LogP contribution in [0.2, 0.25) is 0 Å². The minimum atomic E-state index is -0.960. The number of unbranched alkanes of at least 4 members (excludes halogenated alkanes) is 7. The summed E-state index contributed by atoms with van der Waals surface area (Å²) in [5.74, 6) is -1.68. The molecule has 5 atom stereocenters. The van der Waals surface area contributed by atoms with Gasteiger partial charge < -0.3 is 25.4 Å². The molecule has 1 aliphatic carbocycles. The first-order valence-electron chi connectivity index (χ1n) is 17.1. The molecule has 1 aromatic heterocycles. The summed E-state index contributed by atoms with van der Waals surface area (Å²) in [6, 6.07) is 14.9. The van der Waals surface area contributed by atoms with E-state index in [0.717, 1.165) is 75.4 Å². The third-order valence-corrected chi connectivity index (χ3v) is 10.0. The number of H-pyrrole nitrogens is 1. The number of aromatic amines is 1. The lowest BCUT2D eigenvalue weighted by atomic mass is 9.81. The molecule has 0 bridgehead atoms. The second kappa shape index (κ2) is 16.6. The molecule has 1 saturated carbocycles. The molecule has 6 nitrogen and oxygen atoms in total. The largest absolute Gasteiger partial charge is 0.481 e. The van der Waals surface area contributed by atoms with Gasteiger partial charge in [-0.1, -0.05) is 95.4 Å². The fourth-order valence-electron chi connectivity index (χ4n) is 7.31. The number of aliphatic carboxylic acids is 1. The number of carboxylic acid groups (broad SMARTS) is 1. The van der Waals surface area contributed by atoms with Crippen LogP contribution in [0.5, 0.6) is 0 Å². The van der Waals surface area contributed by atoms with Crippen LogP contribution in [0, 0.1) is 11.8 Å². The average Bonchev–Trinajstić information content (AvgIpc) is 3.55. The molecule has 0 spiro atoms. The Morgan fingerprint density at radius 3 is 2.21 bits per heavy atom. The highest BCUT2D eigenvalue weighted by atomic mass is 16.4. The number of aliphatic hydroxyl groups is 3. The van der Waals surface area contributed by atoms with Crippen LogP contribution in [-0.2, 0) is 11.2 Å². The van der Waals surface area contributed by atoms with Crippen molar-refractivity contribution in [3.63, 3.8) is 0 Å². The molecule has 43 heavy (non-hydrogen) atoms. The van der Waals surface area contributed by atoms with E-state index in [4.69, 9.17) is 0 Å². The van der Waals surface area contributed by atoms with E-state index in [-0.39, 0.29) is 12.0 Å². The summed E-state index contributed by atoms with van der Waals surface area (Å²) in [5.41, 5.74) is 1.33. The summed E-state index contributed by atoms with van der Waals surface area (Å²) in [4.78, 5) is 15.6. The highest BCUT2D eigenvalue weighted by molar-refractivity contribution is 5.97. The quantitative estimate of drug-likeness (QED) is 0.0846. The monoisotopic (exact) mass is 593 g/mol. The minimum Gasteiger partial charge on any atom is -0.481 e. The molecule has 0 radical (unpaired) electrons. The zero-order valence-electron chi connectivity index (χ0n) is 26.3. The van der Waals surface area contributed by atoms with Crippen molar-refractivity contribution in [1.29, 1.82) is 0 Å². The van der Waals surface area contributed by atoms with Gasteiger partial charge in [-0.25, -0.2) is 0 Å². The second-order valence-corrected chi connectivity index (χ2v) is 13.4. The van der Waals surface area contributed by atoms with Gasteiger partial charge in [-0.15, -0.1) is 0 Å². The normalized spacial score (nSPS) is 21.0. The molecule has 1 fully saturated rings. The van der Waals surface area contributed by atoms with Gasteiger partial charge >= 0.3 is 5.97 Å². The third kappa shape index (κ3) is 9.79. The molecule has 1 heterocycles. The Kier molecular flexibility index (Phi) is 12.9. The number of carbonyl (C=O) groups is 1. The first-order valence-corrected chi connectivity index (χ1v) is 17.1. The van der Waals surface area contributed by atoms with Gasteiger partial charge in [0, 0.05) is 16.6 Å². The van der Waals surface area contributed by atoms with Crippen LogP contribution in [0.3, 0.4) is 0 Å². The number of rotatable bonds is 20. The lowest BCUT2D eigenvalue weighted by molar-refractivity contribution is -0.146. The molecular formula is C37H55NO5. The zero-order chi connectivity index (χ0) is 30.7. The van der Waals surface area contributed by atoms with Crippen LogP contribution in [0.4, 0.5) is 0 Å². The summed E-state index contributed by atoms with van der Waals surface area (Å²) in [6.45, 7) is 2.21. The molecule has 2 aromatic carbocycles. The Hall–Kier alpha value is -2.41. The van der Waals surface area contributed by atoms with E-state index in [0.29, 0.717) is 25.7 Å². The van der Waals surface area contributed by atoms with Crippen LogP contribution in [-0.4, -0.2) is 49.2 Å². The van der Waals surface area contributed by atoms with Crippen molar-refractivity contribution >= 4 is 27.6 Å². The molecule has 6 heteroatoms. The van der Waals surface area contributed by atoms with Gasteiger partial charge in [0.2, 0.25) is 0 Å². The van der Waals surface area contributed by atoms with E-state index in [1.807, 2.05) is 6.07 Å². The van der Waals surface area contributed by atoms with Gasteiger partial charge in [-0.2, -0.15) is 0 Å². The van der Waals surface area contributed by atoms with Crippen LogP contribution < -0.4 is 0 Å². The van der Waals surface area contributed by atoms with Gasteiger partial charge in [0.25, 0.3) is 0 Å². The topological polar surface area (TPSA) is 114 Å². The summed E-state index contributed by atoms with van der Waals surface area (Å²) in [5, 5.41) is 46.1. The first-order chi connectivity index (χ1) is 20.8. The molecule has 0 unspecified atom stereocenters. The van der Waals surface area contributed by atoms with Crippen molar-refractivity contribution < 1.29 is 25.2 Å². The van der Waals surface area contributed by atoms with Crippen molar-refractivity contribution in [2.24, 2.45) is 11.8 Å². The lowest BCUT2D eigenvalue weighted by Gasteiger charge is -2.32. The van der Waals surface area contributed by atoms with E-state index in [9.17, 15) is 25.2 Å². The Labute approximate surface area is 257 Å². The fraction of sp³-hybridized carbons (Fsp3) is 0.649. The smallest absolute Gasteiger partial charge is 0.309 e. The number of nitrogens with one attached hydrogen (secondary N) is 1. The Bertz CT molecular complexity index is 1220. The fourth-order valence-corrected chi connectivity index (χ4v) is 7.31. The van der Waals surface area contributed by atoms with Crippen molar-refractivity contribution in [1.82, 2.24) is 4.98 Å². The standard InChI is InChI=1S/C37H55NO5/c1-2-3-4-5-8-17-32(39)18-9-6-7-10-19-33(36(41)42)35(40)20-22-37(43)21-13-16-30(37)26-31-24-29-23-27-14-11-12-15-28(27)25-34(29)38-31/h11-12,14-15,23-25,30,32-33,35,38-40,43H,2-10,13,16-22,26H2,1H3,(H,41,42)/t30-,32-,33-,35+,37-/m0/s1. The number of carboxylic acids is 1. The predicted octanol–water partition coefficient (Wildman–Crippen LogP) is 8.30. The maximum atomic E-state index is 12.0. The average molecular weight is 594 g/mol. The van der Waals surface area contributed by atoms with Crippen LogP contribution in [0.1, 0.15) is 122 Å². The van der Waals surface area contributed by atoms with Crippen LogP contribution in [0.15, 0.2) is 42.5 Å². The highest BCUT2D eigenvalue weighted by Crippen LogP contribution is 2.42. The lowest BCUT2D eigenvalue weighted by Crippen LogP contribution is -2.37. The molecular weight excluding hydrogens is 538 g/mol. The maximum Gasteiger partial charge on any atom is 0.309 e. The van der Waals surface area contributed by atoms with Gasteiger partial charge in [-0.3, -0.25) is 4.79 Å². The molecule has 0 amide bonds. The highest BCUT2D eigenvalue weighted by Gasteiger charge is 2.42. The molecule has 0 saturated heterocycles. The number of hydrogen-bond acceptors (Lipinski definition) is 4. The summed E-state index contributed by atoms with van der Waals surface area (Å²) in [6.07, 6.45) is 14.6. The Morgan fingerprint density at radius 2 is 1.53 bits per heavy atom. The second-order valence-electron chi connectivity index (χ2n) is 13.4. The minimum absolute atomic E-state index is 0.0807. The van der Waals surface area contributed by atoms with Crippen LogP contribution in [0.25, 0.3) is 21.7 Å². The van der Waals surface area contributed by atoms with Crippen molar-refractivity contribution in [3.05, 3.63) is 48.2 Å². The van der Waals surface area contributed by atoms with E-state index in [1.165, 1.54) is 41.8 Å². The van der Waals surface area contributed by atoms with Crippen molar-refractivity contribution in [2.75, 3.05) is 0 Å². The van der Waals surface area contributed by atoms with E-state index >= 15 is 0 Å². The molecule has 4 rings (SSSR count). The molecule has 1 aliphatic rings. The first kappa shape index (κ1) is 33.5. The molecule has 0 aliphatic heterocycles. The third-order valence-electron chi connectivity index (χ3n) is 10.0. The van der Waals surface area contributed by atoms with E-state index < -0.39 is 23.6 Å². The summed E-state index contributed by atoms with van der Waals surface area (Å²) in [7, 11) is 0. The van der Waals surface area contributed by atoms with Gasteiger partial charge in [-0.05, 0) is 86.3 Å².